The van der Waals surface area contributed by atoms with Crippen LogP contribution in [0.2, 0.25) is 0 Å². The summed E-state index contributed by atoms with van der Waals surface area (Å²) >= 11 is 0. The molecule has 0 aromatic heterocycles. The lowest BCUT2D eigenvalue weighted by atomic mass is 9.82. The molecule has 0 atom stereocenters. The van der Waals surface area contributed by atoms with Crippen molar-refractivity contribution in [2.45, 2.75) is 32.4 Å². The minimum atomic E-state index is -4.48. The van der Waals surface area contributed by atoms with Gasteiger partial charge >= 0.3 is 6.18 Å². The monoisotopic (exact) mass is 437 g/mol. The molecule has 0 heterocycles. The van der Waals surface area contributed by atoms with Gasteiger partial charge < -0.3 is 5.32 Å². The van der Waals surface area contributed by atoms with Crippen LogP contribution in [0.15, 0.2) is 78.9 Å². The Morgan fingerprint density at radius 1 is 0.844 bits per heavy atom. The number of nitrogens with one attached hydrogen (secondary N) is 1. The van der Waals surface area contributed by atoms with E-state index >= 15 is 0 Å². The minimum Gasteiger partial charge on any atom is -0.343 e. The summed E-state index contributed by atoms with van der Waals surface area (Å²) in [4.78, 5) is 12.8. The maximum atomic E-state index is 12.8. The van der Waals surface area contributed by atoms with Gasteiger partial charge in [0.25, 0.3) is 5.91 Å². The zero-order chi connectivity index (χ0) is 23.4. The van der Waals surface area contributed by atoms with Gasteiger partial charge in [0.1, 0.15) is 6.54 Å². The highest BCUT2D eigenvalue weighted by atomic mass is 19.4. The maximum Gasteiger partial charge on any atom is 0.405 e. The van der Waals surface area contributed by atoms with E-state index in [0.717, 1.165) is 22.3 Å². The Hall–Kier alpha value is -3.34. The fraction of sp³-hybridized carbons (Fsp3) is 0.222. The van der Waals surface area contributed by atoms with Crippen molar-refractivity contribution in [1.29, 1.82) is 0 Å². The SMILES string of the molecule is CC(C)(C)c1ccc(C(=O)NCC(F)(F)F)c(/C(=C/c2ccccc2)c2ccccc2)c1. The summed E-state index contributed by atoms with van der Waals surface area (Å²) in [6, 6.07) is 24.5. The van der Waals surface area contributed by atoms with Crippen molar-refractivity contribution in [2.75, 3.05) is 6.54 Å². The van der Waals surface area contributed by atoms with Gasteiger partial charge in [-0.1, -0.05) is 87.5 Å². The summed E-state index contributed by atoms with van der Waals surface area (Å²) in [7, 11) is 0. The molecule has 0 aliphatic rings. The smallest absolute Gasteiger partial charge is 0.343 e. The Morgan fingerprint density at radius 2 is 1.44 bits per heavy atom. The lowest BCUT2D eigenvalue weighted by Gasteiger charge is -2.23. The molecule has 0 saturated heterocycles. The lowest BCUT2D eigenvalue weighted by Crippen LogP contribution is -2.34. The zero-order valence-corrected chi connectivity index (χ0v) is 18.3. The maximum absolute atomic E-state index is 12.8. The van der Waals surface area contributed by atoms with Crippen molar-refractivity contribution in [3.63, 3.8) is 0 Å². The van der Waals surface area contributed by atoms with E-state index in [-0.39, 0.29) is 11.0 Å². The molecule has 3 aromatic carbocycles. The molecule has 3 aromatic rings. The van der Waals surface area contributed by atoms with Crippen molar-refractivity contribution in [1.82, 2.24) is 5.32 Å². The quantitative estimate of drug-likeness (QED) is 0.434. The first kappa shape index (κ1) is 23.3. The highest BCUT2D eigenvalue weighted by Gasteiger charge is 2.29. The summed E-state index contributed by atoms with van der Waals surface area (Å²) in [6.07, 6.45) is -2.53. The number of alkyl halides is 3. The Balaban J connectivity index is 2.21. The van der Waals surface area contributed by atoms with Crippen LogP contribution in [0.1, 0.15) is 53.4 Å². The fourth-order valence-corrected chi connectivity index (χ4v) is 3.36. The standard InChI is InChI=1S/C27H26F3NO/c1-26(2,3)21-14-15-22(25(32)31-18-27(28,29)30)24(17-21)23(20-12-8-5-9-13-20)16-19-10-6-4-7-11-19/h4-17H,18H2,1-3H3,(H,31,32)/b23-16+. The number of halogens is 3. The van der Waals surface area contributed by atoms with E-state index in [1.54, 1.807) is 12.1 Å². The second kappa shape index (κ2) is 9.43. The second-order valence-corrected chi connectivity index (χ2v) is 8.64. The molecule has 3 rings (SSSR count). The molecule has 0 saturated carbocycles. The van der Waals surface area contributed by atoms with E-state index in [4.69, 9.17) is 0 Å². The predicted octanol–water partition coefficient (Wildman–Crippen LogP) is 6.87. The highest BCUT2D eigenvalue weighted by Crippen LogP contribution is 2.33. The van der Waals surface area contributed by atoms with Crippen LogP contribution >= 0.6 is 0 Å². The normalized spacial score (nSPS) is 12.5. The molecule has 5 heteroatoms. The number of hydrogen-bond acceptors (Lipinski definition) is 1. The summed E-state index contributed by atoms with van der Waals surface area (Å²) in [5, 5.41) is 2.02. The lowest BCUT2D eigenvalue weighted by molar-refractivity contribution is -0.123. The number of hydrogen-bond donors (Lipinski definition) is 1. The Labute approximate surface area is 186 Å². The Kier molecular flexibility index (Phi) is 6.87. The third-order valence-corrected chi connectivity index (χ3v) is 5.07. The van der Waals surface area contributed by atoms with Crippen molar-refractivity contribution >= 4 is 17.6 Å². The number of carbonyl (C=O) groups is 1. The van der Waals surface area contributed by atoms with E-state index in [1.165, 1.54) is 0 Å². The van der Waals surface area contributed by atoms with Crippen molar-refractivity contribution in [2.24, 2.45) is 0 Å². The molecule has 0 fully saturated rings. The molecule has 1 amide bonds. The van der Waals surface area contributed by atoms with Crippen LogP contribution < -0.4 is 5.32 Å². The summed E-state index contributed by atoms with van der Waals surface area (Å²) in [5.41, 5.74) is 4.13. The first-order chi connectivity index (χ1) is 15.0. The Bertz CT molecular complexity index is 1100. The van der Waals surface area contributed by atoms with Crippen LogP contribution in [0, 0.1) is 0 Å². The molecule has 32 heavy (non-hydrogen) atoms. The predicted molar refractivity (Wildman–Crippen MR) is 123 cm³/mol. The van der Waals surface area contributed by atoms with Crippen LogP contribution in [-0.4, -0.2) is 18.6 Å². The molecule has 1 N–H and O–H groups in total. The molecule has 0 unspecified atom stereocenters. The highest BCUT2D eigenvalue weighted by molar-refractivity contribution is 6.04. The average Bonchev–Trinajstić information content (AvgIpc) is 2.75. The third kappa shape index (κ3) is 6.10. The van der Waals surface area contributed by atoms with Crippen LogP contribution in [-0.2, 0) is 5.41 Å². The van der Waals surface area contributed by atoms with Crippen molar-refractivity contribution in [3.8, 4) is 0 Å². The van der Waals surface area contributed by atoms with Crippen LogP contribution in [0.25, 0.3) is 11.6 Å². The van der Waals surface area contributed by atoms with Crippen LogP contribution in [0.3, 0.4) is 0 Å². The van der Waals surface area contributed by atoms with E-state index in [2.05, 4.69) is 20.8 Å². The van der Waals surface area contributed by atoms with Gasteiger partial charge in [0.2, 0.25) is 0 Å². The third-order valence-electron chi connectivity index (χ3n) is 5.07. The number of carbonyl (C=O) groups excluding carboxylic acids is 1. The van der Waals surface area contributed by atoms with E-state index in [1.807, 2.05) is 78.1 Å². The number of amides is 1. The molecular weight excluding hydrogens is 411 g/mol. The topological polar surface area (TPSA) is 29.1 Å². The molecule has 0 radical (unpaired) electrons. The first-order valence-corrected chi connectivity index (χ1v) is 10.4. The van der Waals surface area contributed by atoms with Gasteiger partial charge in [-0.25, -0.2) is 0 Å². The largest absolute Gasteiger partial charge is 0.405 e. The molecule has 0 aliphatic heterocycles. The molecule has 0 spiro atoms. The van der Waals surface area contributed by atoms with Crippen molar-refractivity contribution < 1.29 is 18.0 Å². The fourth-order valence-electron chi connectivity index (χ4n) is 3.36. The van der Waals surface area contributed by atoms with Gasteiger partial charge in [-0.3, -0.25) is 4.79 Å². The summed E-state index contributed by atoms with van der Waals surface area (Å²) in [5.74, 6) is -0.757. The van der Waals surface area contributed by atoms with Gasteiger partial charge in [-0.2, -0.15) is 13.2 Å². The summed E-state index contributed by atoms with van der Waals surface area (Å²) in [6.45, 7) is 4.78. The minimum absolute atomic E-state index is 0.202. The van der Waals surface area contributed by atoms with E-state index < -0.39 is 18.6 Å². The molecular formula is C27H26F3NO. The molecule has 0 bridgehead atoms. The van der Waals surface area contributed by atoms with Crippen molar-refractivity contribution in [3.05, 3.63) is 107 Å². The second-order valence-electron chi connectivity index (χ2n) is 8.64. The Morgan fingerprint density at radius 3 is 2.00 bits per heavy atom. The first-order valence-electron chi connectivity index (χ1n) is 10.4. The zero-order valence-electron chi connectivity index (χ0n) is 18.3. The van der Waals surface area contributed by atoms with E-state index in [9.17, 15) is 18.0 Å². The van der Waals surface area contributed by atoms with Crippen LogP contribution in [0.4, 0.5) is 13.2 Å². The van der Waals surface area contributed by atoms with Gasteiger partial charge in [0.05, 0.1) is 0 Å². The van der Waals surface area contributed by atoms with E-state index in [0.29, 0.717) is 5.56 Å². The molecule has 2 nitrogen and oxygen atoms in total. The number of rotatable bonds is 5. The average molecular weight is 438 g/mol. The van der Waals surface area contributed by atoms with Crippen LogP contribution in [0.5, 0.6) is 0 Å². The van der Waals surface area contributed by atoms with Gasteiger partial charge in [-0.05, 0) is 51.5 Å². The summed E-state index contributed by atoms with van der Waals surface area (Å²) < 4.78 is 38.2. The molecule has 166 valence electrons. The van der Waals surface area contributed by atoms with Gasteiger partial charge in [0, 0.05) is 5.56 Å². The molecule has 0 aliphatic carbocycles. The number of benzene rings is 3. The van der Waals surface area contributed by atoms with Gasteiger partial charge in [0.15, 0.2) is 0 Å². The van der Waals surface area contributed by atoms with Gasteiger partial charge in [-0.15, -0.1) is 0 Å².